The molecule has 0 saturated carbocycles. The molecular weight excluding hydrogens is 318 g/mol. The molecule has 1 unspecified atom stereocenters. The largest absolute Gasteiger partial charge is 0.359 e. The molecule has 1 N–H and O–H groups in total. The molecule has 1 amide bonds. The van der Waals surface area contributed by atoms with Gasteiger partial charge in [-0.1, -0.05) is 60.7 Å². The lowest BCUT2D eigenvalue weighted by atomic mass is 9.84. The van der Waals surface area contributed by atoms with Gasteiger partial charge < -0.3 is 5.11 Å². The fourth-order valence-electron chi connectivity index (χ4n) is 3.38. The van der Waals surface area contributed by atoms with E-state index in [1.807, 2.05) is 24.3 Å². The molecule has 1 atom stereocenters. The topological polar surface area (TPSA) is 66.8 Å². The molecule has 0 aliphatic carbocycles. The number of carbonyl (C=O) groups is 2. The Bertz CT molecular complexity index is 1010. The number of Topliss-reactive ketones (excluding diaryl/α,β-unsaturated/α-hetero) is 1. The number of rotatable bonds is 2. The summed E-state index contributed by atoms with van der Waals surface area (Å²) in [7, 11) is 1.26. The molecule has 0 radical (unpaired) electrons. The molecule has 0 saturated heterocycles. The second-order valence-corrected chi connectivity index (χ2v) is 5.86. The summed E-state index contributed by atoms with van der Waals surface area (Å²) in [6, 6.07) is 19.0. The van der Waals surface area contributed by atoms with E-state index < -0.39 is 17.4 Å². The number of aliphatic hydroxyl groups is 1. The van der Waals surface area contributed by atoms with Crippen LogP contribution in [0.2, 0.25) is 0 Å². The van der Waals surface area contributed by atoms with E-state index in [4.69, 9.17) is 4.84 Å². The fourth-order valence-corrected chi connectivity index (χ4v) is 3.38. The number of amides is 1. The van der Waals surface area contributed by atoms with E-state index in [2.05, 4.69) is 0 Å². The molecule has 1 aliphatic heterocycles. The first-order valence-electron chi connectivity index (χ1n) is 7.82. The Kier molecular flexibility index (Phi) is 3.42. The van der Waals surface area contributed by atoms with Crippen molar-refractivity contribution < 1.29 is 19.5 Å². The molecule has 1 aliphatic rings. The number of carbonyl (C=O) groups excluding carboxylic acids is 2. The average Bonchev–Trinajstić information content (AvgIpc) is 2.66. The van der Waals surface area contributed by atoms with Crippen molar-refractivity contribution in [2.45, 2.75) is 5.72 Å². The molecule has 5 heteroatoms. The quantitative estimate of drug-likeness (QED) is 0.783. The van der Waals surface area contributed by atoms with Crippen molar-refractivity contribution >= 4 is 22.5 Å². The molecule has 0 bridgehead atoms. The number of ketones is 1. The second kappa shape index (κ2) is 5.51. The third-order valence-electron chi connectivity index (χ3n) is 4.54. The highest BCUT2D eigenvalue weighted by atomic mass is 16.7. The summed E-state index contributed by atoms with van der Waals surface area (Å²) in [5, 5.41) is 13.7. The average molecular weight is 333 g/mol. The number of nitrogens with zero attached hydrogens (tertiary/aromatic N) is 1. The zero-order valence-corrected chi connectivity index (χ0v) is 13.5. The summed E-state index contributed by atoms with van der Waals surface area (Å²) in [4.78, 5) is 31.1. The van der Waals surface area contributed by atoms with Gasteiger partial charge in [-0.2, -0.15) is 5.06 Å². The lowest BCUT2D eigenvalue weighted by Gasteiger charge is -2.40. The second-order valence-electron chi connectivity index (χ2n) is 5.86. The van der Waals surface area contributed by atoms with E-state index in [1.54, 1.807) is 42.5 Å². The Balaban J connectivity index is 2.04. The Morgan fingerprint density at radius 1 is 0.880 bits per heavy atom. The van der Waals surface area contributed by atoms with Crippen LogP contribution in [0.25, 0.3) is 10.8 Å². The third kappa shape index (κ3) is 2.03. The maximum absolute atomic E-state index is 13.2. The van der Waals surface area contributed by atoms with Crippen LogP contribution < -0.4 is 0 Å². The number of hydrogen-bond acceptors (Lipinski definition) is 4. The lowest BCUT2D eigenvalue weighted by molar-refractivity contribution is -0.226. The zero-order valence-electron chi connectivity index (χ0n) is 13.5. The fraction of sp³-hybridized carbons (Fsp3) is 0.100. The minimum absolute atomic E-state index is 0.177. The van der Waals surface area contributed by atoms with Gasteiger partial charge in [0.15, 0.2) is 0 Å². The van der Waals surface area contributed by atoms with Crippen LogP contribution in [0.15, 0.2) is 66.7 Å². The number of benzene rings is 3. The molecule has 0 aromatic heterocycles. The summed E-state index contributed by atoms with van der Waals surface area (Å²) < 4.78 is 0. The van der Waals surface area contributed by atoms with Crippen LogP contribution in [-0.4, -0.2) is 29.0 Å². The van der Waals surface area contributed by atoms with Gasteiger partial charge in [-0.05, 0) is 16.8 Å². The van der Waals surface area contributed by atoms with E-state index in [1.165, 1.54) is 7.11 Å². The van der Waals surface area contributed by atoms with Crippen LogP contribution >= 0.6 is 0 Å². The van der Waals surface area contributed by atoms with E-state index in [0.29, 0.717) is 10.9 Å². The van der Waals surface area contributed by atoms with E-state index in [0.717, 1.165) is 10.4 Å². The summed E-state index contributed by atoms with van der Waals surface area (Å²) in [5.74, 6) is -1.16. The molecule has 1 heterocycles. The Hall–Kier alpha value is -3.02. The molecule has 124 valence electrons. The molecule has 0 fully saturated rings. The van der Waals surface area contributed by atoms with Crippen molar-refractivity contribution in [2.24, 2.45) is 0 Å². The minimum atomic E-state index is -2.24. The number of hydrogen-bond donors (Lipinski definition) is 1. The number of hydroxylamine groups is 2. The third-order valence-corrected chi connectivity index (χ3v) is 4.54. The standard InChI is InChI=1S/C20H15NO4/c1-25-21-19(23)16-11-5-4-10-15(16)18(22)20(21,24)17-12-6-8-13-7-2-3-9-14(13)17/h2-12,24H,1H3. The van der Waals surface area contributed by atoms with Gasteiger partial charge in [-0.3, -0.25) is 14.4 Å². The first kappa shape index (κ1) is 15.5. The Morgan fingerprint density at radius 3 is 2.28 bits per heavy atom. The molecule has 3 aromatic carbocycles. The van der Waals surface area contributed by atoms with Crippen molar-refractivity contribution in [3.63, 3.8) is 0 Å². The molecule has 5 nitrogen and oxygen atoms in total. The maximum atomic E-state index is 13.2. The predicted molar refractivity (Wildman–Crippen MR) is 91.8 cm³/mol. The van der Waals surface area contributed by atoms with Crippen molar-refractivity contribution in [3.05, 3.63) is 83.4 Å². The van der Waals surface area contributed by atoms with Gasteiger partial charge in [-0.15, -0.1) is 0 Å². The van der Waals surface area contributed by atoms with Gasteiger partial charge in [0.2, 0.25) is 5.78 Å². The van der Waals surface area contributed by atoms with E-state index in [9.17, 15) is 14.7 Å². The zero-order chi connectivity index (χ0) is 17.6. The predicted octanol–water partition coefficient (Wildman–Crippen LogP) is 2.89. The van der Waals surface area contributed by atoms with Crippen LogP contribution in [0.5, 0.6) is 0 Å². The van der Waals surface area contributed by atoms with Crippen LogP contribution in [-0.2, 0) is 10.6 Å². The van der Waals surface area contributed by atoms with Gasteiger partial charge in [0, 0.05) is 11.1 Å². The number of fused-ring (bicyclic) bond motifs is 2. The Labute approximate surface area is 144 Å². The highest BCUT2D eigenvalue weighted by molar-refractivity contribution is 6.17. The minimum Gasteiger partial charge on any atom is -0.359 e. The van der Waals surface area contributed by atoms with E-state index >= 15 is 0 Å². The SMILES string of the molecule is CON1C(=O)c2ccccc2C(=O)C1(O)c1cccc2ccccc12. The summed E-state index contributed by atoms with van der Waals surface area (Å²) in [6.07, 6.45) is 0. The lowest BCUT2D eigenvalue weighted by Crippen LogP contribution is -2.57. The smallest absolute Gasteiger partial charge is 0.281 e. The van der Waals surface area contributed by atoms with Gasteiger partial charge in [0.25, 0.3) is 11.6 Å². The van der Waals surface area contributed by atoms with Gasteiger partial charge in [0.05, 0.1) is 12.7 Å². The van der Waals surface area contributed by atoms with Crippen molar-refractivity contribution in [3.8, 4) is 0 Å². The van der Waals surface area contributed by atoms with Crippen LogP contribution in [0, 0.1) is 0 Å². The molecule has 3 aromatic rings. The molecule has 0 spiro atoms. The normalized spacial score (nSPS) is 20.0. The van der Waals surface area contributed by atoms with Crippen LogP contribution in [0.4, 0.5) is 0 Å². The van der Waals surface area contributed by atoms with Crippen LogP contribution in [0.1, 0.15) is 26.3 Å². The highest BCUT2D eigenvalue weighted by Gasteiger charge is 2.53. The molecule has 4 rings (SSSR count). The summed E-state index contributed by atoms with van der Waals surface area (Å²) in [5.41, 5.74) is -1.54. The van der Waals surface area contributed by atoms with Gasteiger partial charge >= 0.3 is 0 Å². The molecule has 25 heavy (non-hydrogen) atoms. The van der Waals surface area contributed by atoms with Crippen molar-refractivity contribution in [2.75, 3.05) is 7.11 Å². The monoisotopic (exact) mass is 333 g/mol. The van der Waals surface area contributed by atoms with Crippen molar-refractivity contribution in [1.29, 1.82) is 0 Å². The summed E-state index contributed by atoms with van der Waals surface area (Å²) in [6.45, 7) is 0. The van der Waals surface area contributed by atoms with Crippen molar-refractivity contribution in [1.82, 2.24) is 5.06 Å². The van der Waals surface area contributed by atoms with Crippen LogP contribution in [0.3, 0.4) is 0 Å². The summed E-state index contributed by atoms with van der Waals surface area (Å²) >= 11 is 0. The van der Waals surface area contributed by atoms with Gasteiger partial charge in [-0.25, -0.2) is 0 Å². The highest BCUT2D eigenvalue weighted by Crippen LogP contribution is 2.39. The first-order chi connectivity index (χ1) is 12.1. The van der Waals surface area contributed by atoms with Gasteiger partial charge in [0.1, 0.15) is 0 Å². The first-order valence-corrected chi connectivity index (χ1v) is 7.82. The molecular formula is C20H15NO4. The maximum Gasteiger partial charge on any atom is 0.281 e. The Morgan fingerprint density at radius 2 is 1.52 bits per heavy atom. The van der Waals surface area contributed by atoms with E-state index in [-0.39, 0.29) is 11.1 Å².